The molecule has 0 amide bonds. The summed E-state index contributed by atoms with van der Waals surface area (Å²) in [5.41, 5.74) is 6.19. The van der Waals surface area contributed by atoms with Gasteiger partial charge < -0.3 is 9.30 Å². The molecule has 5 rings (SSSR count). The highest BCUT2D eigenvalue weighted by atomic mass is 35.5. The molecule has 7 heteroatoms. The number of ether oxygens (including phenoxy) is 1. The first-order chi connectivity index (χ1) is 16.0. The van der Waals surface area contributed by atoms with Crippen molar-refractivity contribution in [1.29, 1.82) is 0 Å². The Morgan fingerprint density at radius 3 is 2.88 bits per heavy atom. The summed E-state index contributed by atoms with van der Waals surface area (Å²) in [4.78, 5) is 23.2. The highest BCUT2D eigenvalue weighted by Gasteiger charge is 2.18. The molecule has 2 aromatic heterocycles. The zero-order valence-electron chi connectivity index (χ0n) is 18.9. The number of carbonyl (C=O) groups is 1. The average Bonchev–Trinajstić information content (AvgIpc) is 3.38. The minimum Gasteiger partial charge on any atom is -0.461 e. The normalized spacial score (nSPS) is 13.3. The predicted molar refractivity (Wildman–Crippen MR) is 133 cm³/mol. The summed E-state index contributed by atoms with van der Waals surface area (Å²) in [5, 5.41) is 1.62. The van der Waals surface area contributed by atoms with Crippen molar-refractivity contribution in [3.05, 3.63) is 68.9 Å². The number of hydrogen-bond acceptors (Lipinski definition) is 5. The third-order valence-corrected chi connectivity index (χ3v) is 7.53. The second-order valence-corrected chi connectivity index (χ2v) is 10.0. The van der Waals surface area contributed by atoms with Gasteiger partial charge in [-0.1, -0.05) is 30.7 Å². The molecule has 0 unspecified atom stereocenters. The maximum Gasteiger partial charge on any atom is 0.311 e. The number of benzene rings is 2. The predicted octanol–water partition coefficient (Wildman–Crippen LogP) is 6.31. The second-order valence-electron chi connectivity index (χ2n) is 8.50. The van der Waals surface area contributed by atoms with E-state index in [1.807, 2.05) is 37.3 Å². The number of thiazole rings is 1. The van der Waals surface area contributed by atoms with Gasteiger partial charge in [0.1, 0.15) is 17.4 Å². The van der Waals surface area contributed by atoms with Crippen LogP contribution in [-0.2, 0) is 41.9 Å². The fourth-order valence-electron chi connectivity index (χ4n) is 4.43. The fourth-order valence-corrected chi connectivity index (χ4v) is 5.89. The van der Waals surface area contributed by atoms with E-state index in [-0.39, 0.29) is 19.0 Å². The van der Waals surface area contributed by atoms with E-state index < -0.39 is 0 Å². The number of rotatable bonds is 6. The number of nitrogens with zero attached hydrogens (tertiary/aromatic N) is 3. The first-order valence-electron chi connectivity index (χ1n) is 11.4. The van der Waals surface area contributed by atoms with Crippen molar-refractivity contribution >= 4 is 39.9 Å². The van der Waals surface area contributed by atoms with Gasteiger partial charge in [-0.05, 0) is 61.6 Å². The Morgan fingerprint density at radius 2 is 2.06 bits per heavy atom. The number of hydrogen-bond donors (Lipinski definition) is 0. The average molecular weight is 480 g/mol. The van der Waals surface area contributed by atoms with Crippen molar-refractivity contribution in [2.75, 3.05) is 0 Å². The lowest BCUT2D eigenvalue weighted by atomic mass is 10.1. The molecule has 3 heterocycles. The maximum atomic E-state index is 12.7. The van der Waals surface area contributed by atoms with Crippen molar-refractivity contribution in [3.8, 4) is 10.6 Å². The molecule has 0 spiro atoms. The van der Waals surface area contributed by atoms with Gasteiger partial charge in [-0.3, -0.25) is 4.79 Å². The number of aryl methyl sites for hydroxylation is 4. The molecule has 0 fully saturated rings. The van der Waals surface area contributed by atoms with Gasteiger partial charge >= 0.3 is 5.97 Å². The lowest BCUT2D eigenvalue weighted by Gasteiger charge is -2.13. The molecule has 1 aliphatic heterocycles. The van der Waals surface area contributed by atoms with Crippen LogP contribution in [0.4, 0.5) is 0 Å². The number of imidazole rings is 1. The van der Waals surface area contributed by atoms with Gasteiger partial charge in [-0.2, -0.15) is 0 Å². The Morgan fingerprint density at radius 1 is 1.18 bits per heavy atom. The molecule has 0 saturated heterocycles. The molecule has 1 aliphatic rings. The van der Waals surface area contributed by atoms with Crippen LogP contribution in [0.2, 0.25) is 5.02 Å². The van der Waals surface area contributed by atoms with E-state index in [2.05, 4.69) is 17.6 Å². The topological polar surface area (TPSA) is 57.0 Å². The second kappa shape index (κ2) is 9.27. The number of halogens is 1. The largest absolute Gasteiger partial charge is 0.461 e. The van der Waals surface area contributed by atoms with Crippen molar-refractivity contribution in [3.63, 3.8) is 0 Å². The Bertz CT molecular complexity index is 1340. The quantitative estimate of drug-likeness (QED) is 0.304. The number of fused-ring (bicyclic) bond motifs is 3. The Balaban J connectivity index is 1.28. The summed E-state index contributed by atoms with van der Waals surface area (Å²) in [6.07, 6.45) is 4.44. The first-order valence-corrected chi connectivity index (χ1v) is 12.6. The highest BCUT2D eigenvalue weighted by molar-refractivity contribution is 7.15. The molecule has 170 valence electrons. The van der Waals surface area contributed by atoms with E-state index in [1.165, 1.54) is 18.4 Å². The smallest absolute Gasteiger partial charge is 0.311 e. The number of aromatic nitrogens is 3. The van der Waals surface area contributed by atoms with E-state index in [9.17, 15) is 4.79 Å². The first kappa shape index (κ1) is 22.1. The zero-order valence-corrected chi connectivity index (χ0v) is 20.4. The molecule has 0 aliphatic carbocycles. The number of esters is 1. The SMILES string of the molecule is CCc1nc(-c2ccc(Cl)cc2C)sc1CC(=O)OCc1ccc2c(c1)nc1n2CCCC1. The molecule has 0 bridgehead atoms. The lowest BCUT2D eigenvalue weighted by Crippen LogP contribution is -2.10. The van der Waals surface area contributed by atoms with E-state index >= 15 is 0 Å². The van der Waals surface area contributed by atoms with Crippen LogP contribution in [0, 0.1) is 6.92 Å². The van der Waals surface area contributed by atoms with Crippen molar-refractivity contribution in [1.82, 2.24) is 14.5 Å². The summed E-state index contributed by atoms with van der Waals surface area (Å²) in [5.74, 6) is 0.923. The molecule has 4 aromatic rings. The highest BCUT2D eigenvalue weighted by Crippen LogP contribution is 2.32. The fraction of sp³-hybridized carbons (Fsp3) is 0.346. The van der Waals surface area contributed by atoms with Gasteiger partial charge in [0, 0.05) is 28.4 Å². The van der Waals surface area contributed by atoms with E-state index in [1.54, 1.807) is 11.3 Å². The molecule has 0 atom stereocenters. The van der Waals surface area contributed by atoms with E-state index in [0.717, 1.165) is 63.0 Å². The zero-order chi connectivity index (χ0) is 22.9. The molecule has 33 heavy (non-hydrogen) atoms. The van der Waals surface area contributed by atoms with Gasteiger partial charge in [0.25, 0.3) is 0 Å². The molecular weight excluding hydrogens is 454 g/mol. The van der Waals surface area contributed by atoms with Crippen LogP contribution >= 0.6 is 22.9 Å². The molecular formula is C26H26ClN3O2S. The Hall–Kier alpha value is -2.70. The van der Waals surface area contributed by atoms with Crippen LogP contribution in [0.15, 0.2) is 36.4 Å². The third kappa shape index (κ3) is 4.55. The molecule has 0 saturated carbocycles. The lowest BCUT2D eigenvalue weighted by molar-refractivity contribution is -0.144. The monoisotopic (exact) mass is 479 g/mol. The van der Waals surface area contributed by atoms with Crippen molar-refractivity contribution < 1.29 is 9.53 Å². The Kier molecular flexibility index (Phi) is 6.21. The minimum absolute atomic E-state index is 0.231. The van der Waals surface area contributed by atoms with Crippen LogP contribution in [0.5, 0.6) is 0 Å². The third-order valence-electron chi connectivity index (χ3n) is 6.16. The maximum absolute atomic E-state index is 12.7. The van der Waals surface area contributed by atoms with E-state index in [0.29, 0.717) is 5.02 Å². The molecule has 0 radical (unpaired) electrons. The van der Waals surface area contributed by atoms with Crippen LogP contribution in [-0.4, -0.2) is 20.5 Å². The van der Waals surface area contributed by atoms with Crippen molar-refractivity contribution in [2.24, 2.45) is 0 Å². The minimum atomic E-state index is -0.239. The van der Waals surface area contributed by atoms with Gasteiger partial charge in [0.05, 0.1) is 23.1 Å². The van der Waals surface area contributed by atoms with Crippen LogP contribution < -0.4 is 0 Å². The summed E-state index contributed by atoms with van der Waals surface area (Å²) in [6.45, 7) is 5.37. The van der Waals surface area contributed by atoms with Crippen molar-refractivity contribution in [2.45, 2.75) is 59.1 Å². The van der Waals surface area contributed by atoms with Crippen LogP contribution in [0.25, 0.3) is 21.6 Å². The van der Waals surface area contributed by atoms with Crippen LogP contribution in [0.3, 0.4) is 0 Å². The summed E-state index contributed by atoms with van der Waals surface area (Å²) in [6, 6.07) is 12.0. The Labute approximate surface area is 202 Å². The summed E-state index contributed by atoms with van der Waals surface area (Å²) < 4.78 is 7.94. The molecule has 2 aromatic carbocycles. The van der Waals surface area contributed by atoms with E-state index in [4.69, 9.17) is 26.3 Å². The molecule has 5 nitrogen and oxygen atoms in total. The van der Waals surface area contributed by atoms with Crippen LogP contribution in [0.1, 0.15) is 47.3 Å². The number of carbonyl (C=O) groups excluding carboxylic acids is 1. The summed E-state index contributed by atoms with van der Waals surface area (Å²) in [7, 11) is 0. The standard InChI is InChI=1S/C26H26ClN3O2S/c1-3-20-23(33-26(29-20)19-9-8-18(27)12-16(19)2)14-25(31)32-15-17-7-10-22-21(13-17)28-24-6-4-5-11-30(22)24/h7-10,12-13H,3-6,11,14-15H2,1-2H3. The van der Waals surface area contributed by atoms with Gasteiger partial charge in [0.2, 0.25) is 0 Å². The van der Waals surface area contributed by atoms with Gasteiger partial charge in [-0.25, -0.2) is 9.97 Å². The summed E-state index contributed by atoms with van der Waals surface area (Å²) >= 11 is 7.65. The molecule has 0 N–H and O–H groups in total. The van der Waals surface area contributed by atoms with Gasteiger partial charge in [0.15, 0.2) is 0 Å². The van der Waals surface area contributed by atoms with Gasteiger partial charge in [-0.15, -0.1) is 11.3 Å².